The van der Waals surface area contributed by atoms with Gasteiger partial charge in [0.15, 0.2) is 0 Å². The van der Waals surface area contributed by atoms with Gasteiger partial charge in [-0.1, -0.05) is 40.2 Å². The second kappa shape index (κ2) is 7.74. The van der Waals surface area contributed by atoms with Gasteiger partial charge in [0.1, 0.15) is 11.6 Å². The highest BCUT2D eigenvalue weighted by molar-refractivity contribution is 9.10. The van der Waals surface area contributed by atoms with E-state index in [0.717, 1.165) is 7.11 Å². The molecule has 154 valence electrons. The predicted octanol–water partition coefficient (Wildman–Crippen LogP) is 5.68. The maximum absolute atomic E-state index is 14.5. The Kier molecular flexibility index (Phi) is 5.66. The first kappa shape index (κ1) is 21.2. The smallest absolute Gasteiger partial charge is 0.459 e. The zero-order valence-corrected chi connectivity index (χ0v) is 16.4. The number of nitrogens with zero attached hydrogens (tertiary/aromatic N) is 1. The van der Waals surface area contributed by atoms with Crippen LogP contribution in [0.2, 0.25) is 0 Å². The number of anilines is 1. The molecule has 1 N–H and O–H groups in total. The van der Waals surface area contributed by atoms with Crippen LogP contribution in [0.5, 0.6) is 0 Å². The van der Waals surface area contributed by atoms with E-state index in [1.165, 1.54) is 30.3 Å². The molecule has 1 aliphatic heterocycles. The number of benzene rings is 2. The summed E-state index contributed by atoms with van der Waals surface area (Å²) in [5.41, 5.74) is -1.24. The zero-order valence-electron chi connectivity index (χ0n) is 14.8. The summed E-state index contributed by atoms with van der Waals surface area (Å²) in [6.45, 7) is 0. The molecule has 29 heavy (non-hydrogen) atoms. The molecule has 0 radical (unpaired) electrons. The van der Waals surface area contributed by atoms with Crippen molar-refractivity contribution in [2.45, 2.75) is 18.1 Å². The molecule has 2 atom stereocenters. The third kappa shape index (κ3) is 3.98. The van der Waals surface area contributed by atoms with Crippen molar-refractivity contribution in [2.24, 2.45) is 10.9 Å². The average Bonchev–Trinajstić information content (AvgIpc) is 2.84. The first-order valence-corrected chi connectivity index (χ1v) is 9.08. The first-order valence-electron chi connectivity index (χ1n) is 8.28. The van der Waals surface area contributed by atoms with E-state index in [0.29, 0.717) is 10.0 Å². The Bertz CT molecular complexity index is 944. The Labute approximate surface area is 170 Å². The molecule has 2 aromatic rings. The van der Waals surface area contributed by atoms with Crippen LogP contribution in [-0.4, -0.2) is 30.9 Å². The Morgan fingerprint density at radius 3 is 2.28 bits per heavy atom. The van der Waals surface area contributed by atoms with E-state index in [1.54, 1.807) is 18.2 Å². The lowest BCUT2D eigenvalue weighted by Crippen LogP contribution is -2.51. The largest absolute Gasteiger partial charge is 0.468 e. The summed E-state index contributed by atoms with van der Waals surface area (Å²) in [6, 6.07) is 10.7. The molecule has 0 aromatic heterocycles. The number of hydrogen-bond acceptors (Lipinski definition) is 4. The molecule has 1 aliphatic rings. The van der Waals surface area contributed by atoms with Gasteiger partial charge in [0, 0.05) is 4.47 Å². The van der Waals surface area contributed by atoms with E-state index in [-0.39, 0.29) is 11.4 Å². The molecule has 1 heterocycles. The SMILES string of the molecule is COC(=O)C1C(C(F)(F)C(F)(F)F)=Nc2ccccc2NC1c1ccc(Br)cc1. The number of carbonyl (C=O) groups excluding carboxylic acids is 1. The minimum Gasteiger partial charge on any atom is -0.468 e. The Balaban J connectivity index is 2.28. The van der Waals surface area contributed by atoms with Gasteiger partial charge >= 0.3 is 18.1 Å². The van der Waals surface area contributed by atoms with Crippen LogP contribution in [0.4, 0.5) is 33.3 Å². The lowest BCUT2D eigenvalue weighted by atomic mass is 9.86. The number of carbonyl (C=O) groups is 1. The van der Waals surface area contributed by atoms with Gasteiger partial charge in [-0.15, -0.1) is 0 Å². The van der Waals surface area contributed by atoms with Crippen LogP contribution < -0.4 is 5.32 Å². The number of halogens is 6. The summed E-state index contributed by atoms with van der Waals surface area (Å²) < 4.78 is 74.0. The van der Waals surface area contributed by atoms with Gasteiger partial charge < -0.3 is 10.1 Å². The van der Waals surface area contributed by atoms with Crippen LogP contribution in [0.3, 0.4) is 0 Å². The summed E-state index contributed by atoms with van der Waals surface area (Å²) in [6.07, 6.45) is -5.94. The van der Waals surface area contributed by atoms with E-state index in [2.05, 4.69) is 31.0 Å². The zero-order chi connectivity index (χ0) is 21.4. The number of methoxy groups -OCH3 is 1. The quantitative estimate of drug-likeness (QED) is 0.458. The van der Waals surface area contributed by atoms with Crippen molar-refractivity contribution in [2.75, 3.05) is 12.4 Å². The fourth-order valence-corrected chi connectivity index (χ4v) is 3.30. The number of esters is 1. The molecule has 2 aromatic carbocycles. The van der Waals surface area contributed by atoms with Crippen molar-refractivity contribution in [3.05, 3.63) is 58.6 Å². The lowest BCUT2D eigenvalue weighted by Gasteiger charge is -2.30. The van der Waals surface area contributed by atoms with E-state index in [1.807, 2.05) is 0 Å². The molecule has 4 nitrogen and oxygen atoms in total. The standard InChI is InChI=1S/C19H14BrF5N2O2/c1-29-17(28)14-15(10-6-8-11(20)9-7-10)26-12-4-2-3-5-13(12)27-16(14)18(21,22)19(23,24)25/h2-9,14-15,26H,1H3. The third-order valence-corrected chi connectivity index (χ3v) is 4.97. The van der Waals surface area contributed by atoms with Crippen LogP contribution >= 0.6 is 15.9 Å². The molecule has 0 aliphatic carbocycles. The van der Waals surface area contributed by atoms with Gasteiger partial charge in [0.2, 0.25) is 0 Å². The average molecular weight is 477 g/mol. The Morgan fingerprint density at radius 1 is 1.07 bits per heavy atom. The molecule has 0 bridgehead atoms. The molecule has 10 heteroatoms. The van der Waals surface area contributed by atoms with Crippen molar-refractivity contribution in [3.63, 3.8) is 0 Å². The maximum Gasteiger partial charge on any atom is 0.459 e. The maximum atomic E-state index is 14.5. The molecule has 0 saturated carbocycles. The number of nitrogens with one attached hydrogen (secondary N) is 1. The van der Waals surface area contributed by atoms with Crippen molar-refractivity contribution < 1.29 is 31.5 Å². The summed E-state index contributed by atoms with van der Waals surface area (Å²) >= 11 is 3.23. The molecule has 0 amide bonds. The number of hydrogen-bond donors (Lipinski definition) is 1. The first-order chi connectivity index (χ1) is 13.6. The van der Waals surface area contributed by atoms with Crippen molar-refractivity contribution in [1.82, 2.24) is 0 Å². The molecular weight excluding hydrogens is 463 g/mol. The van der Waals surface area contributed by atoms with Crippen molar-refractivity contribution in [1.29, 1.82) is 0 Å². The molecule has 0 saturated heterocycles. The fraction of sp³-hybridized carbons (Fsp3) is 0.263. The van der Waals surface area contributed by atoms with Gasteiger partial charge in [0.25, 0.3) is 0 Å². The van der Waals surface area contributed by atoms with E-state index < -0.39 is 35.7 Å². The Hall–Kier alpha value is -2.49. The highest BCUT2D eigenvalue weighted by atomic mass is 79.9. The normalized spacial score (nSPS) is 19.5. The number of ether oxygens (including phenoxy) is 1. The monoisotopic (exact) mass is 476 g/mol. The lowest BCUT2D eigenvalue weighted by molar-refractivity contribution is -0.250. The summed E-state index contributed by atoms with van der Waals surface area (Å²) in [7, 11) is 0.919. The van der Waals surface area contributed by atoms with Gasteiger partial charge in [0.05, 0.1) is 24.5 Å². The van der Waals surface area contributed by atoms with E-state index in [4.69, 9.17) is 0 Å². The second-order valence-electron chi connectivity index (χ2n) is 6.26. The van der Waals surface area contributed by atoms with Gasteiger partial charge in [-0.2, -0.15) is 22.0 Å². The van der Waals surface area contributed by atoms with E-state index >= 15 is 0 Å². The fourth-order valence-electron chi connectivity index (χ4n) is 3.03. The topological polar surface area (TPSA) is 50.7 Å². The number of aliphatic imine (C=N–C) groups is 1. The van der Waals surface area contributed by atoms with Gasteiger partial charge in [-0.3, -0.25) is 4.79 Å². The second-order valence-corrected chi connectivity index (χ2v) is 7.18. The highest BCUT2D eigenvalue weighted by Crippen LogP contribution is 2.46. The summed E-state index contributed by atoms with van der Waals surface area (Å²) in [4.78, 5) is 16.0. The van der Waals surface area contributed by atoms with Crippen LogP contribution in [-0.2, 0) is 9.53 Å². The van der Waals surface area contributed by atoms with Crippen molar-refractivity contribution >= 4 is 39.0 Å². The molecule has 2 unspecified atom stereocenters. The van der Waals surface area contributed by atoms with Crippen LogP contribution in [0.25, 0.3) is 0 Å². The number of rotatable bonds is 3. The van der Waals surface area contributed by atoms with Crippen LogP contribution in [0.1, 0.15) is 11.6 Å². The predicted molar refractivity (Wildman–Crippen MR) is 101 cm³/mol. The molecular formula is C19H14BrF5N2O2. The number of fused-ring (bicyclic) bond motifs is 1. The molecule has 0 fully saturated rings. The number of para-hydroxylation sites is 2. The van der Waals surface area contributed by atoms with Crippen LogP contribution in [0, 0.1) is 5.92 Å². The minimum atomic E-state index is -5.94. The summed E-state index contributed by atoms with van der Waals surface area (Å²) in [5.74, 6) is -8.63. The minimum absolute atomic E-state index is 0.139. The summed E-state index contributed by atoms with van der Waals surface area (Å²) in [5, 5.41) is 2.88. The van der Waals surface area contributed by atoms with Gasteiger partial charge in [-0.05, 0) is 29.8 Å². The molecule has 3 rings (SSSR count). The number of alkyl halides is 5. The molecule has 0 spiro atoms. The van der Waals surface area contributed by atoms with Gasteiger partial charge in [-0.25, -0.2) is 4.99 Å². The van der Waals surface area contributed by atoms with E-state index in [9.17, 15) is 26.7 Å². The highest BCUT2D eigenvalue weighted by Gasteiger charge is 2.65. The third-order valence-electron chi connectivity index (χ3n) is 4.45. The Morgan fingerprint density at radius 2 is 1.69 bits per heavy atom. The van der Waals surface area contributed by atoms with Crippen molar-refractivity contribution in [3.8, 4) is 0 Å². The van der Waals surface area contributed by atoms with Crippen LogP contribution in [0.15, 0.2) is 58.0 Å².